The molecule has 24 heavy (non-hydrogen) atoms. The molecule has 132 valence electrons. The Morgan fingerprint density at radius 3 is 2.75 bits per heavy atom. The summed E-state index contributed by atoms with van der Waals surface area (Å²) in [4.78, 5) is 15.5. The number of fused-ring (bicyclic) bond motifs is 1. The molecular weight excluding hydrogens is 328 g/mol. The average molecular weight is 353 g/mol. The molecule has 0 atom stereocenters. The van der Waals surface area contributed by atoms with E-state index in [0.717, 1.165) is 22.2 Å². The van der Waals surface area contributed by atoms with Gasteiger partial charge in [-0.15, -0.1) is 12.4 Å². The molecule has 5 nitrogen and oxygen atoms in total. The van der Waals surface area contributed by atoms with Crippen molar-refractivity contribution in [3.05, 3.63) is 29.5 Å². The first-order valence-corrected chi connectivity index (χ1v) is 8.32. The van der Waals surface area contributed by atoms with Gasteiger partial charge in [0.1, 0.15) is 11.4 Å². The molecule has 0 spiro atoms. The molecule has 0 unspecified atom stereocenters. The summed E-state index contributed by atoms with van der Waals surface area (Å²) in [6, 6.07) is 6.35. The number of aromatic nitrogens is 1. The summed E-state index contributed by atoms with van der Waals surface area (Å²) in [5, 5.41) is 4.59. The van der Waals surface area contributed by atoms with E-state index in [1.165, 1.54) is 25.7 Å². The minimum atomic E-state index is -0.300. The van der Waals surface area contributed by atoms with E-state index in [-0.39, 0.29) is 18.4 Å². The Labute approximate surface area is 148 Å². The maximum absolute atomic E-state index is 12.3. The Morgan fingerprint density at radius 2 is 2.08 bits per heavy atom. The van der Waals surface area contributed by atoms with Gasteiger partial charge in [0.15, 0.2) is 0 Å². The summed E-state index contributed by atoms with van der Waals surface area (Å²) in [5.41, 5.74) is 2.43. The van der Waals surface area contributed by atoms with Crippen molar-refractivity contribution >= 4 is 29.3 Å². The third kappa shape index (κ3) is 3.84. The number of hydrogen-bond donors (Lipinski definition) is 2. The summed E-state index contributed by atoms with van der Waals surface area (Å²) in [5.74, 6) is 0.486. The first kappa shape index (κ1) is 18.6. The summed E-state index contributed by atoms with van der Waals surface area (Å²) in [6.07, 6.45) is 4.98. The molecule has 3 rings (SSSR count). The van der Waals surface area contributed by atoms with E-state index in [4.69, 9.17) is 9.47 Å². The van der Waals surface area contributed by atoms with E-state index in [9.17, 15) is 4.79 Å². The van der Waals surface area contributed by atoms with Crippen LogP contribution in [0.25, 0.3) is 10.9 Å². The van der Waals surface area contributed by atoms with Crippen molar-refractivity contribution in [2.75, 3.05) is 13.7 Å². The maximum atomic E-state index is 12.3. The van der Waals surface area contributed by atoms with Gasteiger partial charge in [-0.1, -0.05) is 12.8 Å². The van der Waals surface area contributed by atoms with Crippen molar-refractivity contribution in [2.24, 2.45) is 0 Å². The lowest BCUT2D eigenvalue weighted by atomic mass is 10.1. The summed E-state index contributed by atoms with van der Waals surface area (Å²) >= 11 is 0. The van der Waals surface area contributed by atoms with Crippen molar-refractivity contribution in [2.45, 2.75) is 45.2 Å². The Morgan fingerprint density at radius 1 is 1.33 bits per heavy atom. The molecule has 0 radical (unpaired) electrons. The predicted octanol–water partition coefficient (Wildman–Crippen LogP) is 3.81. The van der Waals surface area contributed by atoms with Crippen molar-refractivity contribution in [3.8, 4) is 5.75 Å². The molecule has 1 fully saturated rings. The van der Waals surface area contributed by atoms with E-state index in [1.807, 2.05) is 25.1 Å². The molecule has 0 aliphatic heterocycles. The van der Waals surface area contributed by atoms with E-state index in [0.29, 0.717) is 24.9 Å². The van der Waals surface area contributed by atoms with Crippen LogP contribution in [0, 0.1) is 0 Å². The normalized spacial score (nSPS) is 14.6. The fraction of sp³-hybridized carbons (Fsp3) is 0.500. The molecule has 0 saturated heterocycles. The summed E-state index contributed by atoms with van der Waals surface area (Å²) in [6.45, 7) is 2.85. The number of nitrogens with one attached hydrogen (secondary N) is 2. The van der Waals surface area contributed by atoms with Gasteiger partial charge in [-0.25, -0.2) is 4.79 Å². The third-order valence-electron chi connectivity index (χ3n) is 4.52. The molecule has 0 bridgehead atoms. The lowest BCUT2D eigenvalue weighted by Gasteiger charge is -2.12. The fourth-order valence-corrected chi connectivity index (χ4v) is 3.29. The molecule has 2 N–H and O–H groups in total. The van der Waals surface area contributed by atoms with Crippen molar-refractivity contribution in [3.63, 3.8) is 0 Å². The van der Waals surface area contributed by atoms with E-state index in [2.05, 4.69) is 10.3 Å². The molecule has 1 aliphatic rings. The molecule has 1 aromatic heterocycles. The van der Waals surface area contributed by atoms with Crippen LogP contribution in [0.3, 0.4) is 0 Å². The number of methoxy groups -OCH3 is 1. The highest BCUT2D eigenvalue weighted by molar-refractivity contribution is 5.98. The van der Waals surface area contributed by atoms with Crippen molar-refractivity contribution in [1.29, 1.82) is 0 Å². The second kappa shape index (κ2) is 8.40. The van der Waals surface area contributed by atoms with Gasteiger partial charge in [0.25, 0.3) is 0 Å². The molecule has 1 aliphatic carbocycles. The Bertz CT molecular complexity index is 693. The number of esters is 1. The number of carbonyl (C=O) groups excluding carboxylic acids is 1. The molecule has 0 amide bonds. The van der Waals surface area contributed by atoms with Crippen LogP contribution in [-0.2, 0) is 11.3 Å². The first-order chi connectivity index (χ1) is 11.2. The van der Waals surface area contributed by atoms with Crippen LogP contribution in [-0.4, -0.2) is 30.7 Å². The van der Waals surface area contributed by atoms with Crippen LogP contribution in [0.1, 0.15) is 48.7 Å². The van der Waals surface area contributed by atoms with E-state index in [1.54, 1.807) is 7.11 Å². The highest BCUT2D eigenvalue weighted by Crippen LogP contribution is 2.28. The second-order valence-electron chi connectivity index (χ2n) is 5.97. The largest absolute Gasteiger partial charge is 0.497 e. The van der Waals surface area contributed by atoms with Crippen LogP contribution >= 0.6 is 12.4 Å². The Balaban J connectivity index is 0.00000208. The standard InChI is InChI=1S/C18H24N2O3.ClH/c1-3-23-18(21)17-15(11-19-12-6-4-5-7-12)14-10-13(22-2)8-9-16(14)20-17;/h8-10,12,19-20H,3-7,11H2,1-2H3;1H. The van der Waals surface area contributed by atoms with Gasteiger partial charge in [0.05, 0.1) is 13.7 Å². The number of aromatic amines is 1. The fourth-order valence-electron chi connectivity index (χ4n) is 3.29. The summed E-state index contributed by atoms with van der Waals surface area (Å²) < 4.78 is 10.5. The SMILES string of the molecule is CCOC(=O)c1[nH]c2ccc(OC)cc2c1CNC1CCCC1.Cl. The maximum Gasteiger partial charge on any atom is 0.355 e. The first-order valence-electron chi connectivity index (χ1n) is 8.32. The van der Waals surface area contributed by atoms with Crippen LogP contribution in [0.4, 0.5) is 0 Å². The third-order valence-corrected chi connectivity index (χ3v) is 4.52. The van der Waals surface area contributed by atoms with Crippen LogP contribution in [0.2, 0.25) is 0 Å². The number of carbonyl (C=O) groups is 1. The highest BCUT2D eigenvalue weighted by atomic mass is 35.5. The second-order valence-corrected chi connectivity index (χ2v) is 5.97. The van der Waals surface area contributed by atoms with Crippen molar-refractivity contribution in [1.82, 2.24) is 10.3 Å². The monoisotopic (exact) mass is 352 g/mol. The van der Waals surface area contributed by atoms with Crippen LogP contribution < -0.4 is 10.1 Å². The number of benzene rings is 1. The lowest BCUT2D eigenvalue weighted by molar-refractivity contribution is 0.0519. The van der Waals surface area contributed by atoms with Gasteiger partial charge in [0.2, 0.25) is 0 Å². The average Bonchev–Trinajstić information content (AvgIpc) is 3.20. The van der Waals surface area contributed by atoms with Gasteiger partial charge < -0.3 is 19.8 Å². The van der Waals surface area contributed by atoms with Crippen LogP contribution in [0.15, 0.2) is 18.2 Å². The smallest absolute Gasteiger partial charge is 0.355 e. The number of rotatable bonds is 6. The zero-order valence-corrected chi connectivity index (χ0v) is 15.0. The predicted molar refractivity (Wildman–Crippen MR) is 97.2 cm³/mol. The molecular formula is C18H25ClN2O3. The number of halogens is 1. The molecule has 1 heterocycles. The van der Waals surface area contributed by atoms with Gasteiger partial charge in [-0.3, -0.25) is 0 Å². The minimum Gasteiger partial charge on any atom is -0.497 e. The lowest BCUT2D eigenvalue weighted by Crippen LogP contribution is -2.26. The molecule has 1 aromatic carbocycles. The Hall–Kier alpha value is -1.72. The van der Waals surface area contributed by atoms with Gasteiger partial charge in [-0.05, 0) is 38.0 Å². The van der Waals surface area contributed by atoms with Crippen LogP contribution in [0.5, 0.6) is 5.75 Å². The highest BCUT2D eigenvalue weighted by Gasteiger charge is 2.21. The molecule has 2 aromatic rings. The van der Waals surface area contributed by atoms with E-state index >= 15 is 0 Å². The quantitative estimate of drug-likeness (QED) is 0.776. The van der Waals surface area contributed by atoms with Gasteiger partial charge in [-0.2, -0.15) is 0 Å². The minimum absolute atomic E-state index is 0. The van der Waals surface area contributed by atoms with E-state index < -0.39 is 0 Å². The number of hydrogen-bond acceptors (Lipinski definition) is 4. The Kier molecular flexibility index (Phi) is 6.52. The van der Waals surface area contributed by atoms with Gasteiger partial charge in [0, 0.05) is 29.1 Å². The van der Waals surface area contributed by atoms with Crippen molar-refractivity contribution < 1.29 is 14.3 Å². The number of ether oxygens (including phenoxy) is 2. The zero-order valence-electron chi connectivity index (χ0n) is 14.2. The molecule has 1 saturated carbocycles. The number of H-pyrrole nitrogens is 1. The zero-order chi connectivity index (χ0) is 16.2. The summed E-state index contributed by atoms with van der Waals surface area (Å²) in [7, 11) is 1.65. The topological polar surface area (TPSA) is 63.4 Å². The van der Waals surface area contributed by atoms with Gasteiger partial charge >= 0.3 is 5.97 Å². The molecule has 6 heteroatoms.